The summed E-state index contributed by atoms with van der Waals surface area (Å²) >= 11 is 6.02. The third kappa shape index (κ3) is 5.88. The Labute approximate surface area is 151 Å². The molecule has 0 heterocycles. The fraction of sp³-hybridized carbons (Fsp3) is 0.176. The number of benzene rings is 2. The van der Waals surface area contributed by atoms with Crippen LogP contribution in [0.3, 0.4) is 0 Å². The minimum absolute atomic E-state index is 0.229. The topological polar surface area (TPSA) is 92.3 Å². The highest BCUT2D eigenvalue weighted by Gasteiger charge is 2.21. The number of hydrogen-bond acceptors (Lipinski definition) is 4. The van der Waals surface area contributed by atoms with Crippen molar-refractivity contribution in [2.24, 2.45) is 0 Å². The Morgan fingerprint density at radius 1 is 1.04 bits per heavy atom. The third-order valence-electron chi connectivity index (χ3n) is 3.31. The molecule has 6 nitrogen and oxygen atoms in total. The van der Waals surface area contributed by atoms with Crippen molar-refractivity contribution >= 4 is 33.4 Å². The summed E-state index contributed by atoms with van der Waals surface area (Å²) in [6.45, 7) is 0. The van der Waals surface area contributed by atoms with E-state index in [9.17, 15) is 18.0 Å². The minimum atomic E-state index is -3.67. The van der Waals surface area contributed by atoms with Gasteiger partial charge < -0.3 is 5.32 Å². The van der Waals surface area contributed by atoms with Gasteiger partial charge in [-0.15, -0.1) is 0 Å². The number of rotatable bonds is 6. The van der Waals surface area contributed by atoms with Crippen LogP contribution in [0, 0.1) is 0 Å². The predicted molar refractivity (Wildman–Crippen MR) is 95.7 cm³/mol. The fourth-order valence-corrected chi connectivity index (χ4v) is 2.97. The van der Waals surface area contributed by atoms with Crippen molar-refractivity contribution in [3.8, 4) is 0 Å². The zero-order chi connectivity index (χ0) is 18.4. The van der Waals surface area contributed by atoms with E-state index in [2.05, 4.69) is 5.32 Å². The Balaban J connectivity index is 2.22. The first-order chi connectivity index (χ1) is 11.8. The van der Waals surface area contributed by atoms with E-state index < -0.39 is 27.9 Å². The van der Waals surface area contributed by atoms with Crippen molar-refractivity contribution in [2.75, 3.05) is 6.26 Å². The van der Waals surface area contributed by atoms with Crippen LogP contribution >= 0.6 is 11.6 Å². The summed E-state index contributed by atoms with van der Waals surface area (Å²) in [6, 6.07) is 14.6. The summed E-state index contributed by atoms with van der Waals surface area (Å²) in [5.41, 5.74) is 0.945. The second kappa shape index (κ2) is 8.13. The molecular formula is C17H17ClN2O4S. The standard InChI is InChI=1S/C17H17ClN2O4S/c1-25(23,24)20-16(21)11-15(12-7-3-2-4-8-12)19-17(22)13-9-5-6-10-14(13)18/h2-10,15H,11H2,1H3,(H,19,22)(H,20,21). The predicted octanol–water partition coefficient (Wildman–Crippen LogP) is 2.28. The molecule has 2 aromatic carbocycles. The molecule has 0 aliphatic rings. The maximum Gasteiger partial charge on any atom is 0.253 e. The third-order valence-corrected chi connectivity index (χ3v) is 4.24. The first-order valence-electron chi connectivity index (χ1n) is 7.37. The maximum atomic E-state index is 12.5. The van der Waals surface area contributed by atoms with Crippen LogP contribution in [-0.4, -0.2) is 26.5 Å². The zero-order valence-electron chi connectivity index (χ0n) is 13.4. The Kier molecular flexibility index (Phi) is 6.17. The molecule has 0 aliphatic heterocycles. The number of nitrogens with one attached hydrogen (secondary N) is 2. The summed E-state index contributed by atoms with van der Waals surface area (Å²) in [7, 11) is -3.67. The molecule has 0 aliphatic carbocycles. The summed E-state index contributed by atoms with van der Waals surface area (Å²) < 4.78 is 24.3. The number of carbonyl (C=O) groups is 2. The van der Waals surface area contributed by atoms with E-state index in [1.54, 1.807) is 54.6 Å². The van der Waals surface area contributed by atoms with Crippen LogP contribution in [0.25, 0.3) is 0 Å². The fourth-order valence-electron chi connectivity index (χ4n) is 2.25. The molecule has 2 aromatic rings. The molecule has 0 spiro atoms. The molecule has 0 aromatic heterocycles. The van der Waals surface area contributed by atoms with Crippen LogP contribution in [0.4, 0.5) is 0 Å². The van der Waals surface area contributed by atoms with Gasteiger partial charge in [-0.05, 0) is 17.7 Å². The van der Waals surface area contributed by atoms with E-state index in [0.717, 1.165) is 6.26 Å². The molecule has 0 radical (unpaired) electrons. The smallest absolute Gasteiger partial charge is 0.253 e. The van der Waals surface area contributed by atoms with E-state index >= 15 is 0 Å². The monoisotopic (exact) mass is 380 g/mol. The largest absolute Gasteiger partial charge is 0.345 e. The molecular weight excluding hydrogens is 364 g/mol. The lowest BCUT2D eigenvalue weighted by Gasteiger charge is -2.19. The Morgan fingerprint density at radius 3 is 2.24 bits per heavy atom. The number of amides is 2. The lowest BCUT2D eigenvalue weighted by molar-refractivity contribution is -0.119. The first kappa shape index (κ1) is 19.0. The van der Waals surface area contributed by atoms with Gasteiger partial charge in [0.25, 0.3) is 5.91 Å². The van der Waals surface area contributed by atoms with Gasteiger partial charge in [0.2, 0.25) is 15.9 Å². The highest BCUT2D eigenvalue weighted by atomic mass is 35.5. The molecule has 132 valence electrons. The van der Waals surface area contributed by atoms with Crippen LogP contribution < -0.4 is 10.0 Å². The van der Waals surface area contributed by atoms with Gasteiger partial charge in [0.15, 0.2) is 0 Å². The van der Waals surface area contributed by atoms with Crippen molar-refractivity contribution in [1.82, 2.24) is 10.0 Å². The van der Waals surface area contributed by atoms with Crippen LogP contribution in [0.15, 0.2) is 54.6 Å². The Bertz CT molecular complexity index is 869. The van der Waals surface area contributed by atoms with Gasteiger partial charge in [-0.1, -0.05) is 54.1 Å². The highest BCUT2D eigenvalue weighted by Crippen LogP contribution is 2.20. The Hall–Kier alpha value is -2.38. The molecule has 0 fully saturated rings. The summed E-state index contributed by atoms with van der Waals surface area (Å²) in [4.78, 5) is 24.4. The average molecular weight is 381 g/mol. The average Bonchev–Trinajstić information content (AvgIpc) is 2.53. The van der Waals surface area contributed by atoms with E-state index in [0.29, 0.717) is 5.56 Å². The second-order valence-electron chi connectivity index (χ2n) is 5.42. The molecule has 2 rings (SSSR count). The summed E-state index contributed by atoms with van der Waals surface area (Å²) in [5.74, 6) is -1.16. The molecule has 0 saturated heterocycles. The zero-order valence-corrected chi connectivity index (χ0v) is 15.0. The van der Waals surface area contributed by atoms with Crippen molar-refractivity contribution in [3.05, 3.63) is 70.7 Å². The minimum Gasteiger partial charge on any atom is -0.345 e. The van der Waals surface area contributed by atoms with Crippen LogP contribution in [-0.2, 0) is 14.8 Å². The van der Waals surface area contributed by atoms with Crippen molar-refractivity contribution < 1.29 is 18.0 Å². The molecule has 1 atom stereocenters. The van der Waals surface area contributed by atoms with Crippen LogP contribution in [0.5, 0.6) is 0 Å². The molecule has 2 N–H and O–H groups in total. The maximum absolute atomic E-state index is 12.5. The van der Waals surface area contributed by atoms with Gasteiger partial charge in [-0.2, -0.15) is 0 Å². The normalized spacial score (nSPS) is 12.2. The molecule has 25 heavy (non-hydrogen) atoms. The van der Waals surface area contributed by atoms with Gasteiger partial charge in [-0.3, -0.25) is 14.3 Å². The second-order valence-corrected chi connectivity index (χ2v) is 7.57. The number of carbonyl (C=O) groups excluding carboxylic acids is 2. The van der Waals surface area contributed by atoms with Gasteiger partial charge in [0.05, 0.1) is 29.3 Å². The molecule has 0 saturated carbocycles. The molecule has 2 amide bonds. The van der Waals surface area contributed by atoms with Crippen LogP contribution in [0.2, 0.25) is 5.02 Å². The lowest BCUT2D eigenvalue weighted by atomic mass is 10.0. The molecule has 8 heteroatoms. The van der Waals surface area contributed by atoms with E-state index in [-0.39, 0.29) is 17.0 Å². The van der Waals surface area contributed by atoms with Crippen LogP contribution in [0.1, 0.15) is 28.4 Å². The quantitative estimate of drug-likeness (QED) is 0.804. The van der Waals surface area contributed by atoms with Crippen molar-refractivity contribution in [1.29, 1.82) is 0 Å². The van der Waals surface area contributed by atoms with E-state index in [4.69, 9.17) is 11.6 Å². The molecule has 0 bridgehead atoms. The highest BCUT2D eigenvalue weighted by molar-refractivity contribution is 7.89. The number of hydrogen-bond donors (Lipinski definition) is 2. The van der Waals surface area contributed by atoms with Gasteiger partial charge in [-0.25, -0.2) is 8.42 Å². The Morgan fingerprint density at radius 2 is 1.64 bits per heavy atom. The van der Waals surface area contributed by atoms with Gasteiger partial charge in [0.1, 0.15) is 0 Å². The van der Waals surface area contributed by atoms with E-state index in [1.165, 1.54) is 0 Å². The van der Waals surface area contributed by atoms with E-state index in [1.807, 2.05) is 4.72 Å². The summed E-state index contributed by atoms with van der Waals surface area (Å²) in [6.07, 6.45) is 0.665. The van der Waals surface area contributed by atoms with Crippen molar-refractivity contribution in [2.45, 2.75) is 12.5 Å². The molecule has 1 unspecified atom stereocenters. The number of sulfonamides is 1. The van der Waals surface area contributed by atoms with Crippen molar-refractivity contribution in [3.63, 3.8) is 0 Å². The lowest BCUT2D eigenvalue weighted by Crippen LogP contribution is -2.35. The van der Waals surface area contributed by atoms with Gasteiger partial charge >= 0.3 is 0 Å². The SMILES string of the molecule is CS(=O)(=O)NC(=O)CC(NC(=O)c1ccccc1Cl)c1ccccc1. The summed E-state index contributed by atoms with van der Waals surface area (Å²) in [5, 5.41) is 3.01. The number of halogens is 1. The van der Waals surface area contributed by atoms with Gasteiger partial charge in [0, 0.05) is 0 Å². The first-order valence-corrected chi connectivity index (χ1v) is 9.64.